The molecule has 5 heteroatoms. The van der Waals surface area contributed by atoms with Crippen LogP contribution in [-0.4, -0.2) is 49.1 Å². The summed E-state index contributed by atoms with van der Waals surface area (Å²) in [7, 11) is 0. The van der Waals surface area contributed by atoms with Crippen LogP contribution < -0.4 is 10.2 Å². The molecule has 1 aliphatic heterocycles. The molecule has 0 aliphatic carbocycles. The van der Waals surface area contributed by atoms with Crippen LogP contribution in [0, 0.1) is 0 Å². The number of nitrogens with one attached hydrogen (secondary N) is 1. The number of carbonyl (C=O) groups is 1. The van der Waals surface area contributed by atoms with E-state index in [2.05, 4.69) is 15.1 Å². The highest BCUT2D eigenvalue weighted by Crippen LogP contribution is 2.20. The summed E-state index contributed by atoms with van der Waals surface area (Å²) in [6.45, 7) is 9.62. The fourth-order valence-corrected chi connectivity index (χ4v) is 2.72. The Balaban J connectivity index is 1.88. The molecule has 0 spiro atoms. The van der Waals surface area contributed by atoms with E-state index in [0.29, 0.717) is 0 Å². The zero-order valence-electron chi connectivity index (χ0n) is 13.0. The molecule has 0 radical (unpaired) electrons. The van der Waals surface area contributed by atoms with Gasteiger partial charge < -0.3 is 10.2 Å². The number of anilines is 1. The van der Waals surface area contributed by atoms with Crippen LogP contribution >= 0.6 is 11.6 Å². The number of hydrogen-bond acceptors (Lipinski definition) is 3. The van der Waals surface area contributed by atoms with E-state index in [0.717, 1.165) is 31.2 Å². The van der Waals surface area contributed by atoms with E-state index in [9.17, 15) is 4.79 Å². The maximum absolute atomic E-state index is 12.1. The lowest BCUT2D eigenvalue weighted by molar-refractivity contribution is -0.126. The second-order valence-corrected chi connectivity index (χ2v) is 6.28. The van der Waals surface area contributed by atoms with E-state index in [1.165, 1.54) is 5.69 Å². The van der Waals surface area contributed by atoms with Crippen LogP contribution in [0.15, 0.2) is 24.3 Å². The highest BCUT2D eigenvalue weighted by Gasteiger charge is 2.25. The minimum absolute atomic E-state index is 0.0697. The first-order chi connectivity index (χ1) is 9.97. The zero-order valence-corrected chi connectivity index (χ0v) is 13.7. The van der Waals surface area contributed by atoms with Crippen LogP contribution in [0.1, 0.15) is 20.8 Å². The Bertz CT molecular complexity index is 467. The lowest BCUT2D eigenvalue weighted by Crippen LogP contribution is -2.54. The van der Waals surface area contributed by atoms with Gasteiger partial charge in [-0.3, -0.25) is 9.69 Å². The molecule has 1 aromatic rings. The monoisotopic (exact) mass is 309 g/mol. The molecular formula is C16H24ClN3O. The van der Waals surface area contributed by atoms with Gasteiger partial charge in [0.05, 0.1) is 6.04 Å². The molecule has 1 amide bonds. The third-order valence-electron chi connectivity index (χ3n) is 3.86. The van der Waals surface area contributed by atoms with Gasteiger partial charge in [0.25, 0.3) is 0 Å². The average Bonchev–Trinajstić information content (AvgIpc) is 2.47. The molecule has 1 fully saturated rings. The molecule has 4 nitrogen and oxygen atoms in total. The molecule has 1 aliphatic rings. The molecule has 0 bridgehead atoms. The molecule has 116 valence electrons. The first-order valence-electron chi connectivity index (χ1n) is 7.52. The maximum atomic E-state index is 12.1. The highest BCUT2D eigenvalue weighted by atomic mass is 35.5. The van der Waals surface area contributed by atoms with Gasteiger partial charge in [-0.05, 0) is 45.0 Å². The van der Waals surface area contributed by atoms with Gasteiger partial charge in [-0.15, -0.1) is 0 Å². The topological polar surface area (TPSA) is 35.6 Å². The van der Waals surface area contributed by atoms with Crippen molar-refractivity contribution >= 4 is 23.2 Å². The SMILES string of the molecule is CC(C)NC(=O)C(C)N1CCN(c2ccc(Cl)cc2)CC1. The lowest BCUT2D eigenvalue weighted by atomic mass is 10.2. The van der Waals surface area contributed by atoms with Gasteiger partial charge in [0.1, 0.15) is 0 Å². The molecule has 1 aromatic carbocycles. The molecule has 1 saturated heterocycles. The van der Waals surface area contributed by atoms with Gasteiger partial charge in [0.2, 0.25) is 5.91 Å². The van der Waals surface area contributed by atoms with E-state index in [1.54, 1.807) is 0 Å². The Hall–Kier alpha value is -1.26. The van der Waals surface area contributed by atoms with Crippen LogP contribution in [-0.2, 0) is 4.79 Å². The van der Waals surface area contributed by atoms with E-state index in [-0.39, 0.29) is 18.0 Å². The Morgan fingerprint density at radius 2 is 1.67 bits per heavy atom. The summed E-state index contributed by atoms with van der Waals surface area (Å²) in [5.74, 6) is 0.116. The van der Waals surface area contributed by atoms with E-state index in [4.69, 9.17) is 11.6 Å². The quantitative estimate of drug-likeness (QED) is 0.927. The van der Waals surface area contributed by atoms with E-state index in [1.807, 2.05) is 45.0 Å². The van der Waals surface area contributed by atoms with Crippen molar-refractivity contribution in [2.24, 2.45) is 0 Å². The Kier molecular flexibility index (Phi) is 5.48. The van der Waals surface area contributed by atoms with Crippen molar-refractivity contribution in [1.29, 1.82) is 0 Å². The average molecular weight is 310 g/mol. The van der Waals surface area contributed by atoms with Gasteiger partial charge in [-0.1, -0.05) is 11.6 Å². The van der Waals surface area contributed by atoms with Crippen LogP contribution in [0.25, 0.3) is 0 Å². The van der Waals surface area contributed by atoms with Crippen molar-refractivity contribution in [3.05, 3.63) is 29.3 Å². The molecule has 1 unspecified atom stereocenters. The number of hydrogen-bond donors (Lipinski definition) is 1. The fourth-order valence-electron chi connectivity index (χ4n) is 2.59. The highest BCUT2D eigenvalue weighted by molar-refractivity contribution is 6.30. The number of rotatable bonds is 4. The van der Waals surface area contributed by atoms with Crippen molar-refractivity contribution in [2.45, 2.75) is 32.9 Å². The minimum Gasteiger partial charge on any atom is -0.369 e. The lowest BCUT2D eigenvalue weighted by Gasteiger charge is -2.38. The second-order valence-electron chi connectivity index (χ2n) is 5.84. The summed E-state index contributed by atoms with van der Waals surface area (Å²) in [6, 6.07) is 8.05. The van der Waals surface area contributed by atoms with Gasteiger partial charge in [-0.2, -0.15) is 0 Å². The molecule has 1 atom stereocenters. The zero-order chi connectivity index (χ0) is 15.4. The first-order valence-corrected chi connectivity index (χ1v) is 7.90. The third kappa shape index (κ3) is 4.35. The molecular weight excluding hydrogens is 286 g/mol. The number of nitrogens with zero attached hydrogens (tertiary/aromatic N) is 2. The largest absolute Gasteiger partial charge is 0.369 e. The van der Waals surface area contributed by atoms with Crippen molar-refractivity contribution in [3.8, 4) is 0 Å². The van der Waals surface area contributed by atoms with Gasteiger partial charge >= 0.3 is 0 Å². The molecule has 21 heavy (non-hydrogen) atoms. The standard InChI is InChI=1S/C16H24ClN3O/c1-12(2)18-16(21)13(3)19-8-10-20(11-9-19)15-6-4-14(17)5-7-15/h4-7,12-13H,8-11H2,1-3H3,(H,18,21). The smallest absolute Gasteiger partial charge is 0.237 e. The third-order valence-corrected chi connectivity index (χ3v) is 4.12. The van der Waals surface area contributed by atoms with Crippen molar-refractivity contribution < 1.29 is 4.79 Å². The van der Waals surface area contributed by atoms with Crippen LogP contribution in [0.5, 0.6) is 0 Å². The predicted octanol–water partition coefficient (Wildman–Crippen LogP) is 2.38. The van der Waals surface area contributed by atoms with E-state index < -0.39 is 0 Å². The number of piperazine rings is 1. The summed E-state index contributed by atoms with van der Waals surface area (Å²) in [5.41, 5.74) is 1.19. The van der Waals surface area contributed by atoms with Gasteiger partial charge in [-0.25, -0.2) is 0 Å². The van der Waals surface area contributed by atoms with Crippen LogP contribution in [0.2, 0.25) is 5.02 Å². The molecule has 2 rings (SSSR count). The number of carbonyl (C=O) groups excluding carboxylic acids is 1. The van der Waals surface area contributed by atoms with Crippen LogP contribution in [0.3, 0.4) is 0 Å². The molecule has 1 N–H and O–H groups in total. The molecule has 0 saturated carbocycles. The molecule has 0 aromatic heterocycles. The summed E-state index contributed by atoms with van der Waals surface area (Å²) in [6.07, 6.45) is 0. The first kappa shape index (κ1) is 16.1. The number of halogens is 1. The van der Waals surface area contributed by atoms with Crippen LogP contribution in [0.4, 0.5) is 5.69 Å². The molecule has 1 heterocycles. The number of benzene rings is 1. The van der Waals surface area contributed by atoms with Gasteiger partial charge in [0, 0.05) is 42.9 Å². The van der Waals surface area contributed by atoms with Gasteiger partial charge in [0.15, 0.2) is 0 Å². The predicted molar refractivity (Wildman–Crippen MR) is 88.0 cm³/mol. The Morgan fingerprint density at radius 3 is 2.19 bits per heavy atom. The van der Waals surface area contributed by atoms with Crippen molar-refractivity contribution in [3.63, 3.8) is 0 Å². The van der Waals surface area contributed by atoms with Crippen molar-refractivity contribution in [2.75, 3.05) is 31.1 Å². The summed E-state index contributed by atoms with van der Waals surface area (Å²) >= 11 is 5.92. The second kappa shape index (κ2) is 7.14. The number of amides is 1. The summed E-state index contributed by atoms with van der Waals surface area (Å²) in [4.78, 5) is 16.6. The summed E-state index contributed by atoms with van der Waals surface area (Å²) in [5, 5.41) is 3.74. The fraction of sp³-hybridized carbons (Fsp3) is 0.562. The summed E-state index contributed by atoms with van der Waals surface area (Å²) < 4.78 is 0. The Labute approximate surface area is 132 Å². The maximum Gasteiger partial charge on any atom is 0.237 e. The minimum atomic E-state index is -0.0697. The van der Waals surface area contributed by atoms with Crippen molar-refractivity contribution in [1.82, 2.24) is 10.2 Å². The van der Waals surface area contributed by atoms with E-state index >= 15 is 0 Å². The normalized spacial score (nSPS) is 17.9. The Morgan fingerprint density at radius 1 is 1.10 bits per heavy atom.